The van der Waals surface area contributed by atoms with Crippen LogP contribution in [0.15, 0.2) is 0 Å². The molecule has 0 bridgehead atoms. The fourth-order valence-electron chi connectivity index (χ4n) is 1.75. The first kappa shape index (κ1) is 10.7. The molecule has 7 heteroatoms. The van der Waals surface area contributed by atoms with Gasteiger partial charge in [-0.2, -0.15) is 13.2 Å². The third-order valence-corrected chi connectivity index (χ3v) is 2.57. The molecule has 1 atom stereocenters. The molecular formula is C8H10F3NO3. The Balaban J connectivity index is 1.85. The van der Waals surface area contributed by atoms with Gasteiger partial charge in [-0.3, -0.25) is 0 Å². The molecule has 2 aliphatic rings. The van der Waals surface area contributed by atoms with Crippen molar-refractivity contribution in [3.63, 3.8) is 0 Å². The molecule has 0 aliphatic carbocycles. The molecule has 86 valence electrons. The van der Waals surface area contributed by atoms with Gasteiger partial charge in [0.1, 0.15) is 6.10 Å². The molecular weight excluding hydrogens is 215 g/mol. The SMILES string of the molecule is O=C(O[C@H]1COC2(CNC2)C1)C(F)(F)F. The smallest absolute Gasteiger partial charge is 0.453 e. The molecule has 0 saturated carbocycles. The Hall–Kier alpha value is -0.820. The van der Waals surface area contributed by atoms with E-state index in [4.69, 9.17) is 4.74 Å². The number of carbonyl (C=O) groups is 1. The molecule has 1 N–H and O–H groups in total. The van der Waals surface area contributed by atoms with Crippen LogP contribution >= 0.6 is 0 Å². The second-order valence-electron chi connectivity index (χ2n) is 3.83. The largest absolute Gasteiger partial charge is 0.490 e. The molecule has 2 aliphatic heterocycles. The Kier molecular flexibility index (Phi) is 2.38. The van der Waals surface area contributed by atoms with Gasteiger partial charge in [-0.15, -0.1) is 0 Å². The van der Waals surface area contributed by atoms with Crippen molar-refractivity contribution in [3.8, 4) is 0 Å². The summed E-state index contributed by atoms with van der Waals surface area (Å²) >= 11 is 0. The van der Waals surface area contributed by atoms with E-state index >= 15 is 0 Å². The van der Waals surface area contributed by atoms with E-state index in [0.29, 0.717) is 19.5 Å². The second-order valence-corrected chi connectivity index (χ2v) is 3.83. The zero-order valence-corrected chi connectivity index (χ0v) is 7.76. The van der Waals surface area contributed by atoms with Crippen LogP contribution in [0.4, 0.5) is 13.2 Å². The van der Waals surface area contributed by atoms with Gasteiger partial charge in [-0.25, -0.2) is 4.79 Å². The molecule has 0 radical (unpaired) electrons. The number of hydrogen-bond acceptors (Lipinski definition) is 4. The number of rotatable bonds is 1. The predicted molar refractivity (Wildman–Crippen MR) is 42.1 cm³/mol. The minimum Gasteiger partial charge on any atom is -0.453 e. The fraction of sp³-hybridized carbons (Fsp3) is 0.875. The quantitative estimate of drug-likeness (QED) is 0.649. The van der Waals surface area contributed by atoms with Crippen molar-refractivity contribution in [1.82, 2.24) is 5.32 Å². The molecule has 0 unspecified atom stereocenters. The summed E-state index contributed by atoms with van der Waals surface area (Å²) < 4.78 is 45.2. The third-order valence-electron chi connectivity index (χ3n) is 2.57. The first-order valence-electron chi connectivity index (χ1n) is 4.54. The first-order valence-corrected chi connectivity index (χ1v) is 4.54. The number of halogens is 3. The van der Waals surface area contributed by atoms with Crippen molar-refractivity contribution in [2.75, 3.05) is 19.7 Å². The summed E-state index contributed by atoms with van der Waals surface area (Å²) in [6.45, 7) is 1.25. The number of nitrogens with one attached hydrogen (secondary N) is 1. The molecule has 0 amide bonds. The van der Waals surface area contributed by atoms with Gasteiger partial charge in [0.05, 0.1) is 12.2 Å². The minimum atomic E-state index is -4.92. The molecule has 2 heterocycles. The Morgan fingerprint density at radius 2 is 2.13 bits per heavy atom. The van der Waals surface area contributed by atoms with E-state index in [9.17, 15) is 18.0 Å². The Morgan fingerprint density at radius 1 is 1.47 bits per heavy atom. The lowest BCUT2D eigenvalue weighted by molar-refractivity contribution is -0.204. The summed E-state index contributed by atoms with van der Waals surface area (Å²) in [5.74, 6) is -2.14. The highest BCUT2D eigenvalue weighted by molar-refractivity contribution is 5.75. The van der Waals surface area contributed by atoms with Gasteiger partial charge in [0.25, 0.3) is 0 Å². The average Bonchev–Trinajstić information content (AvgIpc) is 2.46. The van der Waals surface area contributed by atoms with Gasteiger partial charge in [0.2, 0.25) is 0 Å². The van der Waals surface area contributed by atoms with Gasteiger partial charge in [-0.05, 0) is 0 Å². The zero-order chi connectivity index (χ0) is 11.1. The standard InChI is InChI=1S/C8H10F3NO3/c9-8(10,11)6(13)15-5-1-7(14-2-5)3-12-4-7/h5,12H,1-4H2/t5-/m1/s1. The van der Waals surface area contributed by atoms with E-state index < -0.39 is 23.9 Å². The van der Waals surface area contributed by atoms with E-state index in [1.165, 1.54) is 0 Å². The van der Waals surface area contributed by atoms with Gasteiger partial charge < -0.3 is 14.8 Å². The monoisotopic (exact) mass is 225 g/mol. The molecule has 2 saturated heterocycles. The van der Waals surface area contributed by atoms with Crippen LogP contribution in [0, 0.1) is 0 Å². The number of hydrogen-bond donors (Lipinski definition) is 1. The number of carbonyl (C=O) groups excluding carboxylic acids is 1. The summed E-state index contributed by atoms with van der Waals surface area (Å²) in [6, 6.07) is 0. The number of esters is 1. The van der Waals surface area contributed by atoms with Crippen LogP contribution in [0.1, 0.15) is 6.42 Å². The zero-order valence-electron chi connectivity index (χ0n) is 7.76. The van der Waals surface area contributed by atoms with E-state index in [1.54, 1.807) is 0 Å². The second kappa shape index (κ2) is 3.34. The van der Waals surface area contributed by atoms with Crippen molar-refractivity contribution >= 4 is 5.97 Å². The van der Waals surface area contributed by atoms with Crippen LogP contribution in [-0.4, -0.2) is 43.5 Å². The number of ether oxygens (including phenoxy) is 2. The number of alkyl halides is 3. The van der Waals surface area contributed by atoms with Crippen LogP contribution in [0.5, 0.6) is 0 Å². The van der Waals surface area contributed by atoms with Gasteiger partial charge in [-0.1, -0.05) is 0 Å². The van der Waals surface area contributed by atoms with Crippen molar-refractivity contribution < 1.29 is 27.4 Å². The molecule has 0 aromatic rings. The van der Waals surface area contributed by atoms with Crippen molar-refractivity contribution in [2.24, 2.45) is 0 Å². The minimum absolute atomic E-state index is 0.0451. The summed E-state index contributed by atoms with van der Waals surface area (Å²) in [4.78, 5) is 10.5. The maximum Gasteiger partial charge on any atom is 0.490 e. The van der Waals surface area contributed by atoms with Crippen molar-refractivity contribution in [3.05, 3.63) is 0 Å². The van der Waals surface area contributed by atoms with E-state index in [1.807, 2.05) is 0 Å². The van der Waals surface area contributed by atoms with Crippen LogP contribution in [-0.2, 0) is 14.3 Å². The van der Waals surface area contributed by atoms with Gasteiger partial charge in [0, 0.05) is 19.5 Å². The first-order chi connectivity index (χ1) is 6.91. The normalized spacial score (nSPS) is 28.9. The molecule has 2 rings (SSSR count). The van der Waals surface area contributed by atoms with Crippen molar-refractivity contribution in [2.45, 2.75) is 24.3 Å². The van der Waals surface area contributed by atoms with Crippen LogP contribution < -0.4 is 5.32 Å². The Morgan fingerprint density at radius 3 is 2.53 bits per heavy atom. The van der Waals surface area contributed by atoms with E-state index in [-0.39, 0.29) is 6.61 Å². The fourth-order valence-corrected chi connectivity index (χ4v) is 1.75. The molecule has 2 fully saturated rings. The summed E-state index contributed by atoms with van der Waals surface area (Å²) in [6.07, 6.45) is -5.36. The summed E-state index contributed by atoms with van der Waals surface area (Å²) in [7, 11) is 0. The molecule has 0 aromatic carbocycles. The highest BCUT2D eigenvalue weighted by Crippen LogP contribution is 2.32. The molecule has 15 heavy (non-hydrogen) atoms. The van der Waals surface area contributed by atoms with Gasteiger partial charge in [0.15, 0.2) is 0 Å². The van der Waals surface area contributed by atoms with E-state index in [2.05, 4.69) is 10.1 Å². The predicted octanol–water partition coefficient (Wildman–Crippen LogP) is 0.223. The highest BCUT2D eigenvalue weighted by atomic mass is 19.4. The van der Waals surface area contributed by atoms with Crippen LogP contribution in [0.3, 0.4) is 0 Å². The summed E-state index contributed by atoms with van der Waals surface area (Å²) in [5, 5.41) is 2.96. The third kappa shape index (κ3) is 2.07. The molecule has 1 spiro atoms. The lowest BCUT2D eigenvalue weighted by atomic mass is 9.93. The Bertz CT molecular complexity index is 275. The highest BCUT2D eigenvalue weighted by Gasteiger charge is 2.49. The topological polar surface area (TPSA) is 47.6 Å². The van der Waals surface area contributed by atoms with Crippen LogP contribution in [0.2, 0.25) is 0 Å². The van der Waals surface area contributed by atoms with E-state index in [0.717, 1.165) is 0 Å². The van der Waals surface area contributed by atoms with Gasteiger partial charge >= 0.3 is 12.1 Å². The van der Waals surface area contributed by atoms with Crippen molar-refractivity contribution in [1.29, 1.82) is 0 Å². The van der Waals surface area contributed by atoms with Crippen LogP contribution in [0.25, 0.3) is 0 Å². The maximum absolute atomic E-state index is 11.9. The lowest BCUT2D eigenvalue weighted by Crippen LogP contribution is -2.59. The average molecular weight is 225 g/mol. The maximum atomic E-state index is 11.9. The molecule has 0 aromatic heterocycles. The molecule has 4 nitrogen and oxygen atoms in total. The Labute approximate surface area is 83.7 Å². The lowest BCUT2D eigenvalue weighted by Gasteiger charge is -2.37. The summed E-state index contributed by atoms with van der Waals surface area (Å²) in [5.41, 5.74) is -0.406.